The smallest absolute Gasteiger partial charge is 0.243 e. The maximum Gasteiger partial charge on any atom is 0.243 e. The van der Waals surface area contributed by atoms with Gasteiger partial charge in [0.15, 0.2) is 5.17 Å². The largest absolute Gasteiger partial charge is 0.493 e. The fraction of sp³-hybridized carbons (Fsp3) is 0.462. The summed E-state index contributed by atoms with van der Waals surface area (Å²) in [5, 5.41) is 3.58. The molecule has 9 heteroatoms. The number of hydrogen-bond donors (Lipinski definition) is 1. The van der Waals surface area contributed by atoms with Gasteiger partial charge in [-0.05, 0) is 60.2 Å². The zero-order valence-corrected chi connectivity index (χ0v) is 22.0. The number of benzene rings is 2. The van der Waals surface area contributed by atoms with Crippen molar-refractivity contribution in [1.82, 2.24) is 9.62 Å². The Hall–Kier alpha value is -2.36. The maximum atomic E-state index is 12.9. The van der Waals surface area contributed by atoms with Gasteiger partial charge in [-0.2, -0.15) is 4.31 Å². The molecule has 0 saturated carbocycles. The van der Waals surface area contributed by atoms with E-state index in [1.54, 1.807) is 40.3 Å². The Bertz CT molecular complexity index is 1170. The molecule has 1 unspecified atom stereocenters. The lowest BCUT2D eigenvalue weighted by molar-refractivity contribution is -0.119. The van der Waals surface area contributed by atoms with Crippen molar-refractivity contribution < 1.29 is 17.9 Å². The number of sulfonamides is 1. The second kappa shape index (κ2) is 11.6. The highest BCUT2D eigenvalue weighted by atomic mass is 32.2. The number of aliphatic imine (C=N–C) groups is 1. The number of ether oxygens (including phenoxy) is 1. The Morgan fingerprint density at radius 3 is 2.60 bits per heavy atom. The SMILES string of the molecule is CCCN(CCC)S(=O)(=O)c1ccc(CCC(=O)NC2=NC(c3ccc4c(c3)CCO4)CS2)cc1. The van der Waals surface area contributed by atoms with Crippen molar-refractivity contribution in [3.63, 3.8) is 0 Å². The summed E-state index contributed by atoms with van der Waals surface area (Å²) in [7, 11) is -3.49. The topological polar surface area (TPSA) is 88.1 Å². The quantitative estimate of drug-likeness (QED) is 0.509. The molecule has 2 heterocycles. The molecule has 1 amide bonds. The van der Waals surface area contributed by atoms with Gasteiger partial charge < -0.3 is 10.1 Å². The van der Waals surface area contributed by atoms with Crippen molar-refractivity contribution in [3.8, 4) is 5.75 Å². The van der Waals surface area contributed by atoms with Crippen LogP contribution in [0, 0.1) is 0 Å². The van der Waals surface area contributed by atoms with Crippen LogP contribution < -0.4 is 10.1 Å². The molecule has 2 aromatic carbocycles. The van der Waals surface area contributed by atoms with Gasteiger partial charge in [-0.1, -0.05) is 43.8 Å². The summed E-state index contributed by atoms with van der Waals surface area (Å²) in [4.78, 5) is 17.5. The van der Waals surface area contributed by atoms with Crippen molar-refractivity contribution in [2.45, 2.75) is 56.9 Å². The molecular formula is C26H33N3O4S2. The predicted molar refractivity (Wildman–Crippen MR) is 141 cm³/mol. The number of fused-ring (bicyclic) bond motifs is 1. The first-order valence-corrected chi connectivity index (χ1v) is 14.7. The van der Waals surface area contributed by atoms with Crippen LogP contribution in [0.4, 0.5) is 0 Å². The molecule has 0 fully saturated rings. The van der Waals surface area contributed by atoms with E-state index in [4.69, 9.17) is 9.73 Å². The van der Waals surface area contributed by atoms with E-state index in [1.807, 2.05) is 19.9 Å². The number of carbonyl (C=O) groups is 1. The molecule has 0 saturated heterocycles. The van der Waals surface area contributed by atoms with Gasteiger partial charge in [0.2, 0.25) is 15.9 Å². The zero-order valence-electron chi connectivity index (χ0n) is 20.3. The first-order valence-electron chi connectivity index (χ1n) is 12.3. The van der Waals surface area contributed by atoms with E-state index in [2.05, 4.69) is 17.4 Å². The molecule has 0 radical (unpaired) electrons. The van der Waals surface area contributed by atoms with E-state index >= 15 is 0 Å². The van der Waals surface area contributed by atoms with Crippen LogP contribution in [-0.2, 0) is 27.7 Å². The lowest BCUT2D eigenvalue weighted by atomic mass is 10.0. The number of hydrogen-bond acceptors (Lipinski definition) is 6. The summed E-state index contributed by atoms with van der Waals surface area (Å²) in [5.74, 6) is 1.67. The first-order chi connectivity index (χ1) is 16.9. The van der Waals surface area contributed by atoms with Crippen LogP contribution in [0.1, 0.15) is 55.8 Å². The van der Waals surface area contributed by atoms with Crippen molar-refractivity contribution >= 4 is 32.9 Å². The van der Waals surface area contributed by atoms with Crippen molar-refractivity contribution in [1.29, 1.82) is 0 Å². The van der Waals surface area contributed by atoms with E-state index in [-0.39, 0.29) is 11.9 Å². The lowest BCUT2D eigenvalue weighted by Crippen LogP contribution is -2.32. The van der Waals surface area contributed by atoms with Gasteiger partial charge in [0.1, 0.15) is 5.75 Å². The van der Waals surface area contributed by atoms with Crippen LogP contribution in [0.15, 0.2) is 52.4 Å². The molecule has 1 N–H and O–H groups in total. The van der Waals surface area contributed by atoms with Gasteiger partial charge >= 0.3 is 0 Å². The van der Waals surface area contributed by atoms with Gasteiger partial charge in [0, 0.05) is 31.7 Å². The molecule has 0 aromatic heterocycles. The molecule has 188 valence electrons. The van der Waals surface area contributed by atoms with Gasteiger partial charge in [0.25, 0.3) is 0 Å². The molecule has 1 atom stereocenters. The van der Waals surface area contributed by atoms with E-state index in [1.165, 1.54) is 5.56 Å². The molecule has 2 aliphatic rings. The Kier molecular flexibility index (Phi) is 8.51. The van der Waals surface area contributed by atoms with Crippen LogP contribution in [0.2, 0.25) is 0 Å². The van der Waals surface area contributed by atoms with Crippen LogP contribution in [0.5, 0.6) is 5.75 Å². The maximum absolute atomic E-state index is 12.9. The monoisotopic (exact) mass is 515 g/mol. The minimum absolute atomic E-state index is 0.0377. The van der Waals surface area contributed by atoms with E-state index in [9.17, 15) is 13.2 Å². The highest BCUT2D eigenvalue weighted by Crippen LogP contribution is 2.34. The van der Waals surface area contributed by atoms with Crippen molar-refractivity contribution in [2.75, 3.05) is 25.4 Å². The summed E-state index contributed by atoms with van der Waals surface area (Å²) >= 11 is 1.56. The number of amides is 1. The molecular weight excluding hydrogens is 482 g/mol. The third-order valence-electron chi connectivity index (χ3n) is 6.14. The fourth-order valence-corrected chi connectivity index (χ4v) is 6.89. The van der Waals surface area contributed by atoms with Gasteiger partial charge in [-0.3, -0.25) is 9.79 Å². The summed E-state index contributed by atoms with van der Waals surface area (Å²) in [6, 6.07) is 13.1. The lowest BCUT2D eigenvalue weighted by Gasteiger charge is -2.21. The zero-order chi connectivity index (χ0) is 24.8. The number of carbonyl (C=O) groups excluding carboxylic acids is 1. The van der Waals surface area contributed by atoms with Crippen LogP contribution in [-0.4, -0.2) is 49.2 Å². The van der Waals surface area contributed by atoms with E-state index in [0.717, 1.165) is 48.5 Å². The van der Waals surface area contributed by atoms with Gasteiger partial charge in [-0.25, -0.2) is 8.42 Å². The molecule has 0 bridgehead atoms. The summed E-state index contributed by atoms with van der Waals surface area (Å²) in [6.07, 6.45) is 3.33. The third kappa shape index (κ3) is 6.26. The highest BCUT2D eigenvalue weighted by Gasteiger charge is 2.24. The number of amidine groups is 1. The molecule has 35 heavy (non-hydrogen) atoms. The van der Waals surface area contributed by atoms with Crippen molar-refractivity contribution in [3.05, 3.63) is 59.2 Å². The number of aryl methyl sites for hydroxylation is 1. The van der Waals surface area contributed by atoms with Crippen LogP contribution in [0.25, 0.3) is 0 Å². The number of rotatable bonds is 10. The van der Waals surface area contributed by atoms with Gasteiger partial charge in [0.05, 0.1) is 17.5 Å². The normalized spacial score (nSPS) is 17.2. The Labute approximate surface area is 212 Å². The highest BCUT2D eigenvalue weighted by molar-refractivity contribution is 8.14. The van der Waals surface area contributed by atoms with Gasteiger partial charge in [-0.15, -0.1) is 0 Å². The predicted octanol–water partition coefficient (Wildman–Crippen LogP) is 4.33. The molecule has 0 spiro atoms. The molecule has 0 aliphatic carbocycles. The third-order valence-corrected chi connectivity index (χ3v) is 9.02. The van der Waals surface area contributed by atoms with E-state index in [0.29, 0.717) is 36.0 Å². The summed E-state index contributed by atoms with van der Waals surface area (Å²) in [5.41, 5.74) is 3.30. The average Bonchev–Trinajstić information content (AvgIpc) is 3.52. The Morgan fingerprint density at radius 2 is 1.89 bits per heavy atom. The average molecular weight is 516 g/mol. The van der Waals surface area contributed by atoms with Crippen LogP contribution >= 0.6 is 11.8 Å². The Balaban J connectivity index is 1.30. The minimum atomic E-state index is -3.49. The Morgan fingerprint density at radius 1 is 1.14 bits per heavy atom. The van der Waals surface area contributed by atoms with E-state index < -0.39 is 10.0 Å². The molecule has 4 rings (SSSR count). The molecule has 2 aromatic rings. The standard InChI is InChI=1S/C26H33N3O4S2/c1-3-14-29(15-4-2)35(31,32)22-9-5-19(6-10-22)7-12-25(30)28-26-27-23(18-34-26)20-8-11-24-21(17-20)13-16-33-24/h5-6,8-11,17,23H,3-4,7,12-16,18H2,1-2H3,(H,27,28,30). The first kappa shape index (κ1) is 25.7. The minimum Gasteiger partial charge on any atom is -0.493 e. The summed E-state index contributed by atoms with van der Waals surface area (Å²) < 4.78 is 32.9. The van der Waals surface area contributed by atoms with Crippen LogP contribution in [0.3, 0.4) is 0 Å². The second-order valence-corrected chi connectivity index (χ2v) is 11.8. The summed E-state index contributed by atoms with van der Waals surface area (Å²) in [6.45, 7) is 5.72. The van der Waals surface area contributed by atoms with Crippen molar-refractivity contribution in [2.24, 2.45) is 4.99 Å². The number of thioether (sulfide) groups is 1. The number of nitrogens with one attached hydrogen (secondary N) is 1. The number of nitrogens with zero attached hydrogens (tertiary/aromatic N) is 2. The fourth-order valence-electron chi connectivity index (χ4n) is 4.29. The second-order valence-electron chi connectivity index (χ2n) is 8.82. The molecule has 2 aliphatic heterocycles. The molecule has 7 nitrogen and oxygen atoms in total.